The zero-order chi connectivity index (χ0) is 18.2. The molecule has 2 rings (SSSR count). The molecule has 0 aliphatic heterocycles. The van der Waals surface area contributed by atoms with E-state index in [-0.39, 0.29) is 11.5 Å². The van der Waals surface area contributed by atoms with Crippen LogP contribution < -0.4 is 9.47 Å². The van der Waals surface area contributed by atoms with Gasteiger partial charge in [0.2, 0.25) is 11.6 Å². The summed E-state index contributed by atoms with van der Waals surface area (Å²) >= 11 is 0. The topological polar surface area (TPSA) is 18.5 Å². The maximum Gasteiger partial charge on any atom is 0.204 e. The van der Waals surface area contributed by atoms with Gasteiger partial charge < -0.3 is 9.47 Å². The van der Waals surface area contributed by atoms with Gasteiger partial charge in [-0.25, -0.2) is 0 Å². The number of hydrogen-bond donors (Lipinski definition) is 0. The third-order valence-electron chi connectivity index (χ3n) is 4.42. The van der Waals surface area contributed by atoms with Gasteiger partial charge in [-0.2, -0.15) is 8.78 Å². The van der Waals surface area contributed by atoms with Crippen molar-refractivity contribution >= 4 is 0 Å². The predicted octanol–water partition coefficient (Wildman–Crippen LogP) is 6.22. The molecule has 0 N–H and O–H groups in total. The molecule has 0 saturated heterocycles. The zero-order valence-corrected chi connectivity index (χ0v) is 15.4. The highest BCUT2D eigenvalue weighted by Crippen LogP contribution is 2.30. The quantitative estimate of drug-likeness (QED) is 0.519. The monoisotopic (exact) mass is 350 g/mol. The Hall–Kier alpha value is -1.84. The molecule has 1 aromatic carbocycles. The van der Waals surface area contributed by atoms with Crippen molar-refractivity contribution in [1.82, 2.24) is 0 Å². The SMILES string of the molecule is CCOc1ccc(OCC2CC=C(CCC=C(C)C)CC2)c(F)c1F. The second-order valence-electron chi connectivity index (χ2n) is 6.76. The normalized spacial score (nSPS) is 17.0. The van der Waals surface area contributed by atoms with E-state index in [1.54, 1.807) is 6.92 Å². The molecule has 0 bridgehead atoms. The summed E-state index contributed by atoms with van der Waals surface area (Å²) in [6, 6.07) is 2.85. The van der Waals surface area contributed by atoms with Gasteiger partial charge in [0.15, 0.2) is 11.5 Å². The summed E-state index contributed by atoms with van der Waals surface area (Å²) < 4.78 is 38.4. The molecular formula is C21H28F2O2. The van der Waals surface area contributed by atoms with Crippen LogP contribution in [0.4, 0.5) is 8.78 Å². The molecule has 138 valence electrons. The van der Waals surface area contributed by atoms with Crippen molar-refractivity contribution in [2.75, 3.05) is 13.2 Å². The van der Waals surface area contributed by atoms with Crippen LogP contribution in [0.3, 0.4) is 0 Å². The van der Waals surface area contributed by atoms with Crippen molar-refractivity contribution < 1.29 is 18.3 Å². The van der Waals surface area contributed by atoms with Gasteiger partial charge in [0, 0.05) is 0 Å². The summed E-state index contributed by atoms with van der Waals surface area (Å²) in [4.78, 5) is 0. The third kappa shape index (κ3) is 5.87. The lowest BCUT2D eigenvalue weighted by Crippen LogP contribution is -2.15. The number of halogens is 2. The van der Waals surface area contributed by atoms with E-state index in [9.17, 15) is 8.78 Å². The van der Waals surface area contributed by atoms with Crippen molar-refractivity contribution in [3.63, 3.8) is 0 Å². The summed E-state index contributed by atoms with van der Waals surface area (Å²) in [5.41, 5.74) is 2.85. The van der Waals surface area contributed by atoms with E-state index >= 15 is 0 Å². The number of ether oxygens (including phenoxy) is 2. The second kappa shape index (κ2) is 9.59. The molecule has 2 nitrogen and oxygen atoms in total. The standard InChI is InChI=1S/C21H28F2O2/c1-4-24-18-12-13-19(21(23)20(18)22)25-14-17-10-8-16(9-11-17)7-5-6-15(2)3/h6,8,12-13,17H,4-5,7,9-11,14H2,1-3H3. The van der Waals surface area contributed by atoms with E-state index in [1.165, 1.54) is 23.3 Å². The molecule has 0 fully saturated rings. The lowest BCUT2D eigenvalue weighted by molar-refractivity contribution is 0.223. The van der Waals surface area contributed by atoms with Gasteiger partial charge in [0.25, 0.3) is 0 Å². The Kier molecular flexibility index (Phi) is 7.48. The molecular weight excluding hydrogens is 322 g/mol. The Morgan fingerprint density at radius 1 is 1.16 bits per heavy atom. The molecule has 1 unspecified atom stereocenters. The average molecular weight is 350 g/mol. The Labute approximate surface area is 149 Å². The lowest BCUT2D eigenvalue weighted by Gasteiger charge is -2.22. The lowest BCUT2D eigenvalue weighted by atomic mass is 9.88. The highest BCUT2D eigenvalue weighted by molar-refractivity contribution is 5.35. The second-order valence-corrected chi connectivity index (χ2v) is 6.76. The maximum atomic E-state index is 14.0. The van der Waals surface area contributed by atoms with Gasteiger partial charge in [-0.1, -0.05) is 23.3 Å². The molecule has 0 aromatic heterocycles. The van der Waals surface area contributed by atoms with Crippen molar-refractivity contribution in [1.29, 1.82) is 0 Å². The zero-order valence-electron chi connectivity index (χ0n) is 15.4. The first-order valence-corrected chi connectivity index (χ1v) is 9.06. The largest absolute Gasteiger partial charge is 0.491 e. The molecule has 0 saturated carbocycles. The van der Waals surface area contributed by atoms with Crippen LogP contribution in [0.5, 0.6) is 11.5 Å². The summed E-state index contributed by atoms with van der Waals surface area (Å²) in [5, 5.41) is 0. The Morgan fingerprint density at radius 3 is 2.40 bits per heavy atom. The minimum atomic E-state index is -0.982. The van der Waals surface area contributed by atoms with Crippen molar-refractivity contribution in [3.8, 4) is 11.5 Å². The van der Waals surface area contributed by atoms with Gasteiger partial charge in [0.05, 0.1) is 13.2 Å². The highest BCUT2D eigenvalue weighted by Gasteiger charge is 2.19. The van der Waals surface area contributed by atoms with Crippen LogP contribution in [0.15, 0.2) is 35.4 Å². The first-order valence-electron chi connectivity index (χ1n) is 9.06. The van der Waals surface area contributed by atoms with Crippen molar-refractivity contribution in [2.24, 2.45) is 5.92 Å². The van der Waals surface area contributed by atoms with Crippen LogP contribution in [0.1, 0.15) is 52.9 Å². The van der Waals surface area contributed by atoms with Crippen LogP contribution >= 0.6 is 0 Å². The molecule has 0 amide bonds. The Balaban J connectivity index is 1.84. The van der Waals surface area contributed by atoms with Gasteiger partial charge in [-0.15, -0.1) is 0 Å². The van der Waals surface area contributed by atoms with Crippen LogP contribution in [0.25, 0.3) is 0 Å². The fourth-order valence-electron chi connectivity index (χ4n) is 2.97. The minimum absolute atomic E-state index is 0.0423. The Morgan fingerprint density at radius 2 is 1.84 bits per heavy atom. The fourth-order valence-corrected chi connectivity index (χ4v) is 2.97. The average Bonchev–Trinajstić information content (AvgIpc) is 2.59. The molecule has 0 spiro atoms. The van der Waals surface area contributed by atoms with E-state index in [0.29, 0.717) is 19.1 Å². The van der Waals surface area contributed by atoms with Gasteiger partial charge in [0.1, 0.15) is 0 Å². The summed E-state index contributed by atoms with van der Waals surface area (Å²) in [5.74, 6) is -1.72. The van der Waals surface area contributed by atoms with E-state index in [4.69, 9.17) is 9.47 Å². The van der Waals surface area contributed by atoms with Crippen LogP contribution in [0.2, 0.25) is 0 Å². The molecule has 1 aliphatic carbocycles. The number of benzene rings is 1. The van der Waals surface area contributed by atoms with Crippen LogP contribution in [0, 0.1) is 17.6 Å². The predicted molar refractivity (Wildman–Crippen MR) is 97.1 cm³/mol. The Bertz CT molecular complexity index is 631. The van der Waals surface area contributed by atoms with Crippen LogP contribution in [-0.4, -0.2) is 13.2 Å². The fraction of sp³-hybridized carbons (Fsp3) is 0.524. The van der Waals surface area contributed by atoms with Gasteiger partial charge in [-0.3, -0.25) is 0 Å². The maximum absolute atomic E-state index is 14.0. The van der Waals surface area contributed by atoms with E-state index < -0.39 is 11.6 Å². The minimum Gasteiger partial charge on any atom is -0.491 e. The first kappa shape index (κ1) is 19.5. The van der Waals surface area contributed by atoms with E-state index in [2.05, 4.69) is 26.0 Å². The molecule has 0 heterocycles. The number of rotatable bonds is 8. The molecule has 4 heteroatoms. The molecule has 1 aliphatic rings. The van der Waals surface area contributed by atoms with E-state index in [1.807, 2.05) is 0 Å². The smallest absolute Gasteiger partial charge is 0.204 e. The van der Waals surface area contributed by atoms with Crippen molar-refractivity contribution in [2.45, 2.75) is 52.9 Å². The first-order chi connectivity index (χ1) is 12.0. The van der Waals surface area contributed by atoms with Gasteiger partial charge in [-0.05, 0) is 70.9 Å². The number of allylic oxidation sites excluding steroid dienone is 4. The molecule has 0 radical (unpaired) electrons. The summed E-state index contributed by atoms with van der Waals surface area (Å²) in [6.45, 7) is 6.66. The molecule has 1 atom stereocenters. The van der Waals surface area contributed by atoms with E-state index in [0.717, 1.165) is 32.1 Å². The van der Waals surface area contributed by atoms with Gasteiger partial charge >= 0.3 is 0 Å². The number of hydrogen-bond acceptors (Lipinski definition) is 2. The molecule has 25 heavy (non-hydrogen) atoms. The van der Waals surface area contributed by atoms with Crippen LogP contribution in [-0.2, 0) is 0 Å². The third-order valence-corrected chi connectivity index (χ3v) is 4.42. The molecule has 1 aromatic rings. The summed E-state index contributed by atoms with van der Waals surface area (Å²) in [6.07, 6.45) is 9.77. The van der Waals surface area contributed by atoms with Crippen molar-refractivity contribution in [3.05, 3.63) is 47.1 Å². The highest BCUT2D eigenvalue weighted by atomic mass is 19.2. The summed E-state index contributed by atoms with van der Waals surface area (Å²) in [7, 11) is 0.